The van der Waals surface area contributed by atoms with Gasteiger partial charge >= 0.3 is 5.97 Å². The van der Waals surface area contributed by atoms with Crippen molar-refractivity contribution in [1.29, 1.82) is 0 Å². The molecule has 1 aromatic carbocycles. The van der Waals surface area contributed by atoms with Crippen molar-refractivity contribution in [2.24, 2.45) is 0 Å². The van der Waals surface area contributed by atoms with Crippen molar-refractivity contribution in [3.63, 3.8) is 0 Å². The lowest BCUT2D eigenvalue weighted by Crippen LogP contribution is -2.16. The minimum absolute atomic E-state index is 0.131. The minimum atomic E-state index is -0.431. The smallest absolute Gasteiger partial charge is 0.341 e. The molecule has 0 aliphatic rings. The van der Waals surface area contributed by atoms with Crippen LogP contribution in [0.25, 0.3) is 0 Å². The van der Waals surface area contributed by atoms with Crippen LogP contribution in [0.5, 0.6) is 5.75 Å². The van der Waals surface area contributed by atoms with Crippen LogP contribution in [-0.4, -0.2) is 39.0 Å². The van der Waals surface area contributed by atoms with Crippen LogP contribution in [0.2, 0.25) is 0 Å². The van der Waals surface area contributed by atoms with Gasteiger partial charge in [-0.15, -0.1) is 21.5 Å². The van der Waals surface area contributed by atoms with Crippen molar-refractivity contribution in [3.05, 3.63) is 51.7 Å². The lowest BCUT2D eigenvalue weighted by molar-refractivity contribution is -0.113. The van der Waals surface area contributed by atoms with Gasteiger partial charge in [0.2, 0.25) is 5.91 Å². The minimum Gasteiger partial charge on any atom is -0.483 e. The highest BCUT2D eigenvalue weighted by Gasteiger charge is 2.21. The van der Waals surface area contributed by atoms with Crippen molar-refractivity contribution < 1.29 is 19.1 Å². The lowest BCUT2D eigenvalue weighted by Gasteiger charge is -2.16. The zero-order valence-electron chi connectivity index (χ0n) is 21.0. The predicted octanol–water partition coefficient (Wildman–Crippen LogP) is 5.59. The van der Waals surface area contributed by atoms with Crippen molar-refractivity contribution in [2.45, 2.75) is 65.8 Å². The zero-order chi connectivity index (χ0) is 25.5. The molecule has 2 aromatic heterocycles. The van der Waals surface area contributed by atoms with Crippen molar-refractivity contribution in [1.82, 2.24) is 14.8 Å². The van der Waals surface area contributed by atoms with Gasteiger partial charge in [0.25, 0.3) is 0 Å². The molecular weight excluding hydrogens is 484 g/mol. The number of aryl methyl sites for hydroxylation is 3. The van der Waals surface area contributed by atoms with Crippen LogP contribution in [0.3, 0.4) is 0 Å². The first-order chi connectivity index (χ1) is 16.8. The van der Waals surface area contributed by atoms with Crippen LogP contribution >= 0.6 is 23.1 Å². The van der Waals surface area contributed by atoms with Gasteiger partial charge in [0.05, 0.1) is 17.9 Å². The first kappa shape index (κ1) is 26.7. The van der Waals surface area contributed by atoms with Gasteiger partial charge in [-0.1, -0.05) is 24.8 Å². The van der Waals surface area contributed by atoms with Gasteiger partial charge < -0.3 is 19.4 Å². The summed E-state index contributed by atoms with van der Waals surface area (Å²) >= 11 is 2.69. The van der Waals surface area contributed by atoms with Gasteiger partial charge in [0.15, 0.2) is 17.1 Å². The second-order valence-electron chi connectivity index (χ2n) is 7.96. The maximum absolute atomic E-state index is 12.7. The highest BCUT2D eigenvalue weighted by Crippen LogP contribution is 2.30. The third-order valence-electron chi connectivity index (χ3n) is 5.43. The van der Waals surface area contributed by atoms with Gasteiger partial charge in [-0.05, 0) is 70.4 Å². The fraction of sp³-hybridized carbons (Fsp3) is 0.440. The van der Waals surface area contributed by atoms with E-state index in [0.717, 1.165) is 22.6 Å². The van der Waals surface area contributed by atoms with E-state index in [1.807, 2.05) is 43.5 Å². The van der Waals surface area contributed by atoms with Crippen LogP contribution in [0, 0.1) is 13.8 Å². The fourth-order valence-corrected chi connectivity index (χ4v) is 5.22. The molecule has 0 saturated carbocycles. The molecule has 1 N–H and O–H groups in total. The summed E-state index contributed by atoms with van der Waals surface area (Å²) in [6.45, 7) is 12.7. The quantitative estimate of drug-likeness (QED) is 0.262. The molecule has 35 heavy (non-hydrogen) atoms. The summed E-state index contributed by atoms with van der Waals surface area (Å²) in [5.41, 5.74) is 2.77. The predicted molar refractivity (Wildman–Crippen MR) is 140 cm³/mol. The SMILES string of the molecule is CCOC(=O)c1cc(CC)sc1NC(=O)CSc1nnc(C(C)Oc2ccc(C)c(C)c2)n1CC. The molecule has 3 rings (SSSR count). The summed E-state index contributed by atoms with van der Waals surface area (Å²) in [7, 11) is 0. The average Bonchev–Trinajstić information content (AvgIpc) is 3.44. The number of anilines is 1. The molecule has 1 unspecified atom stereocenters. The molecule has 0 fully saturated rings. The number of hydrogen-bond acceptors (Lipinski definition) is 8. The van der Waals surface area contributed by atoms with Gasteiger partial charge in [-0.2, -0.15) is 0 Å². The van der Waals surface area contributed by atoms with Crippen molar-refractivity contribution in [2.75, 3.05) is 17.7 Å². The Morgan fingerprint density at radius 3 is 2.57 bits per heavy atom. The van der Waals surface area contributed by atoms with E-state index in [2.05, 4.69) is 29.4 Å². The number of thiophene rings is 1. The molecule has 188 valence electrons. The number of nitrogens with zero attached hydrogens (tertiary/aromatic N) is 3. The van der Waals surface area contributed by atoms with Gasteiger partial charge in [0, 0.05) is 11.4 Å². The number of rotatable bonds is 11. The van der Waals surface area contributed by atoms with E-state index in [1.54, 1.807) is 13.0 Å². The Kier molecular flexibility index (Phi) is 9.33. The number of amides is 1. The summed E-state index contributed by atoms with van der Waals surface area (Å²) in [6.07, 6.45) is 0.463. The van der Waals surface area contributed by atoms with E-state index in [1.165, 1.54) is 28.7 Å². The maximum Gasteiger partial charge on any atom is 0.341 e. The lowest BCUT2D eigenvalue weighted by atomic mass is 10.1. The Morgan fingerprint density at radius 1 is 1.14 bits per heavy atom. The molecule has 0 bridgehead atoms. The van der Waals surface area contributed by atoms with E-state index in [9.17, 15) is 9.59 Å². The molecule has 0 aliphatic heterocycles. The first-order valence-corrected chi connectivity index (χ1v) is 13.5. The van der Waals surface area contributed by atoms with E-state index < -0.39 is 5.97 Å². The number of ether oxygens (including phenoxy) is 2. The number of thioether (sulfide) groups is 1. The maximum atomic E-state index is 12.7. The first-order valence-electron chi connectivity index (χ1n) is 11.7. The molecule has 1 amide bonds. The third kappa shape index (κ3) is 6.64. The standard InChI is InChI=1S/C25H32N4O4S2/c1-7-19-13-20(24(31)32-9-3)23(35-19)26-21(30)14-34-25-28-27-22(29(25)8-2)17(6)33-18-11-10-15(4)16(5)12-18/h10-13,17H,7-9,14H2,1-6H3,(H,26,30). The average molecular weight is 517 g/mol. The Balaban J connectivity index is 1.66. The second kappa shape index (κ2) is 12.2. The van der Waals surface area contributed by atoms with E-state index in [0.29, 0.717) is 28.1 Å². The second-order valence-corrected chi connectivity index (χ2v) is 10.0. The number of hydrogen-bond donors (Lipinski definition) is 1. The molecular formula is C25H32N4O4S2. The summed E-state index contributed by atoms with van der Waals surface area (Å²) in [6, 6.07) is 7.77. The number of aromatic nitrogens is 3. The molecule has 0 aliphatic carbocycles. The summed E-state index contributed by atoms with van der Waals surface area (Å²) < 4.78 is 13.2. The van der Waals surface area contributed by atoms with E-state index in [4.69, 9.17) is 9.47 Å². The molecule has 1 atom stereocenters. The molecule has 2 heterocycles. The van der Waals surface area contributed by atoms with E-state index in [-0.39, 0.29) is 24.4 Å². The highest BCUT2D eigenvalue weighted by molar-refractivity contribution is 7.99. The van der Waals surface area contributed by atoms with Crippen LogP contribution in [0.4, 0.5) is 5.00 Å². The Hall–Kier alpha value is -2.85. The zero-order valence-corrected chi connectivity index (χ0v) is 22.6. The summed E-state index contributed by atoms with van der Waals surface area (Å²) in [5.74, 6) is 0.950. The van der Waals surface area contributed by atoms with E-state index >= 15 is 0 Å². The summed E-state index contributed by atoms with van der Waals surface area (Å²) in [4.78, 5) is 26.0. The monoisotopic (exact) mass is 516 g/mol. The fourth-order valence-electron chi connectivity index (χ4n) is 3.41. The Morgan fingerprint density at radius 2 is 1.91 bits per heavy atom. The number of nitrogens with one attached hydrogen (secondary N) is 1. The summed E-state index contributed by atoms with van der Waals surface area (Å²) in [5, 5.41) is 12.6. The Bertz CT molecular complexity index is 1190. The molecule has 10 heteroatoms. The van der Waals surface area contributed by atoms with Crippen molar-refractivity contribution >= 4 is 40.0 Å². The molecule has 3 aromatic rings. The van der Waals surface area contributed by atoms with Crippen LogP contribution in [-0.2, 0) is 22.5 Å². The molecule has 0 spiro atoms. The van der Waals surface area contributed by atoms with Gasteiger partial charge in [0.1, 0.15) is 10.8 Å². The topological polar surface area (TPSA) is 95.3 Å². The molecule has 8 nitrogen and oxygen atoms in total. The largest absolute Gasteiger partial charge is 0.483 e. The number of benzene rings is 1. The molecule has 0 saturated heterocycles. The number of carbonyl (C=O) groups is 2. The number of carbonyl (C=O) groups excluding carboxylic acids is 2. The Labute approximate surface area is 214 Å². The molecule has 0 radical (unpaired) electrons. The normalized spacial score (nSPS) is 11.8. The number of esters is 1. The van der Waals surface area contributed by atoms with Gasteiger partial charge in [-0.3, -0.25) is 4.79 Å². The third-order valence-corrected chi connectivity index (χ3v) is 7.59. The van der Waals surface area contributed by atoms with Crippen LogP contribution in [0.15, 0.2) is 29.4 Å². The van der Waals surface area contributed by atoms with Gasteiger partial charge in [-0.25, -0.2) is 4.79 Å². The van der Waals surface area contributed by atoms with Crippen LogP contribution in [0.1, 0.15) is 66.0 Å². The van der Waals surface area contributed by atoms with Crippen molar-refractivity contribution in [3.8, 4) is 5.75 Å². The highest BCUT2D eigenvalue weighted by atomic mass is 32.2. The van der Waals surface area contributed by atoms with Crippen LogP contribution < -0.4 is 10.1 Å².